The molecule has 1 aromatic heterocycles. The number of rotatable bonds is 4. The van der Waals surface area contributed by atoms with Gasteiger partial charge in [0.2, 0.25) is 5.88 Å². The Bertz CT molecular complexity index is 301. The van der Waals surface area contributed by atoms with Gasteiger partial charge in [0.1, 0.15) is 4.99 Å². The molecule has 1 rings (SSSR count). The highest BCUT2D eigenvalue weighted by Crippen LogP contribution is 2.09. The third-order valence-electron chi connectivity index (χ3n) is 1.47. The fourth-order valence-corrected chi connectivity index (χ4v) is 0.975. The summed E-state index contributed by atoms with van der Waals surface area (Å²) in [7, 11) is 0. The van der Waals surface area contributed by atoms with Crippen LogP contribution < -0.4 is 10.5 Å². The van der Waals surface area contributed by atoms with Gasteiger partial charge in [-0.05, 0) is 12.5 Å². The molecule has 4 heteroatoms. The van der Waals surface area contributed by atoms with Crippen LogP contribution in [0.25, 0.3) is 0 Å². The van der Waals surface area contributed by atoms with Crippen molar-refractivity contribution in [2.45, 2.75) is 13.3 Å². The molecule has 2 N–H and O–H groups in total. The van der Waals surface area contributed by atoms with Gasteiger partial charge in [-0.2, -0.15) is 0 Å². The first kappa shape index (κ1) is 9.92. The first-order valence-corrected chi connectivity index (χ1v) is 4.53. The minimum Gasteiger partial charge on any atom is -0.478 e. The van der Waals surface area contributed by atoms with E-state index in [2.05, 4.69) is 4.98 Å². The van der Waals surface area contributed by atoms with Crippen molar-refractivity contribution in [2.24, 2.45) is 5.73 Å². The van der Waals surface area contributed by atoms with Crippen molar-refractivity contribution in [1.29, 1.82) is 0 Å². The molecule has 0 atom stereocenters. The maximum absolute atomic E-state index is 5.46. The summed E-state index contributed by atoms with van der Waals surface area (Å²) in [4.78, 5) is 4.39. The van der Waals surface area contributed by atoms with Crippen LogP contribution in [0.2, 0.25) is 0 Å². The van der Waals surface area contributed by atoms with E-state index in [9.17, 15) is 0 Å². The van der Waals surface area contributed by atoms with Gasteiger partial charge < -0.3 is 10.5 Å². The Morgan fingerprint density at radius 1 is 1.69 bits per heavy atom. The van der Waals surface area contributed by atoms with Crippen LogP contribution >= 0.6 is 12.2 Å². The molecular formula is C9H12N2OS. The lowest BCUT2D eigenvalue weighted by atomic mass is 10.3. The van der Waals surface area contributed by atoms with Gasteiger partial charge in [0.25, 0.3) is 0 Å². The van der Waals surface area contributed by atoms with E-state index in [0.29, 0.717) is 17.5 Å². The van der Waals surface area contributed by atoms with Gasteiger partial charge in [-0.3, -0.25) is 0 Å². The van der Waals surface area contributed by atoms with E-state index in [4.69, 9.17) is 22.7 Å². The van der Waals surface area contributed by atoms with Gasteiger partial charge in [-0.1, -0.05) is 19.1 Å². The van der Waals surface area contributed by atoms with Gasteiger partial charge in [0, 0.05) is 17.8 Å². The van der Waals surface area contributed by atoms with Crippen LogP contribution in [0.3, 0.4) is 0 Å². The van der Waals surface area contributed by atoms with Crippen molar-refractivity contribution in [2.75, 3.05) is 6.61 Å². The summed E-state index contributed by atoms with van der Waals surface area (Å²) in [5.41, 5.74) is 6.25. The minimum absolute atomic E-state index is 0.365. The summed E-state index contributed by atoms with van der Waals surface area (Å²) in [5.74, 6) is 0.576. The van der Waals surface area contributed by atoms with Gasteiger partial charge >= 0.3 is 0 Å². The van der Waals surface area contributed by atoms with Crippen LogP contribution in [0.5, 0.6) is 5.88 Å². The standard InChI is InChI=1S/C9H12N2OS/c1-2-5-12-8-6-7(9(10)13)3-4-11-8/h3-4,6H,2,5H2,1H3,(H2,10,13). The van der Waals surface area contributed by atoms with Crippen LogP contribution in [0.1, 0.15) is 18.9 Å². The van der Waals surface area contributed by atoms with Crippen LogP contribution in [0.4, 0.5) is 0 Å². The highest BCUT2D eigenvalue weighted by atomic mass is 32.1. The molecule has 0 saturated heterocycles. The van der Waals surface area contributed by atoms with E-state index in [-0.39, 0.29) is 0 Å². The van der Waals surface area contributed by atoms with Gasteiger partial charge in [0.15, 0.2) is 0 Å². The molecule has 70 valence electrons. The zero-order valence-electron chi connectivity index (χ0n) is 7.49. The zero-order valence-corrected chi connectivity index (χ0v) is 8.30. The SMILES string of the molecule is CCCOc1cc(C(N)=S)ccn1. The summed E-state index contributed by atoms with van der Waals surface area (Å²) in [5, 5.41) is 0. The summed E-state index contributed by atoms with van der Waals surface area (Å²) in [6.45, 7) is 2.70. The van der Waals surface area contributed by atoms with E-state index in [1.807, 2.05) is 6.92 Å². The largest absolute Gasteiger partial charge is 0.478 e. The number of pyridine rings is 1. The van der Waals surface area contributed by atoms with Crippen molar-refractivity contribution in [1.82, 2.24) is 4.98 Å². The average molecular weight is 196 g/mol. The predicted molar refractivity (Wildman–Crippen MR) is 55.9 cm³/mol. The van der Waals surface area contributed by atoms with Crippen LogP contribution in [-0.2, 0) is 0 Å². The molecule has 0 aliphatic rings. The molecule has 3 nitrogen and oxygen atoms in total. The Morgan fingerprint density at radius 2 is 2.46 bits per heavy atom. The molecule has 0 bridgehead atoms. The second-order valence-corrected chi connectivity index (χ2v) is 3.04. The summed E-state index contributed by atoms with van der Waals surface area (Å²) in [6, 6.07) is 3.51. The van der Waals surface area contributed by atoms with Crippen LogP contribution in [0, 0.1) is 0 Å². The van der Waals surface area contributed by atoms with E-state index in [1.165, 1.54) is 0 Å². The molecule has 1 heterocycles. The Kier molecular flexibility index (Phi) is 3.64. The van der Waals surface area contributed by atoms with Gasteiger partial charge in [0.05, 0.1) is 6.61 Å². The number of aromatic nitrogens is 1. The molecule has 13 heavy (non-hydrogen) atoms. The number of nitrogens with two attached hydrogens (primary N) is 1. The molecule has 0 saturated carbocycles. The van der Waals surface area contributed by atoms with Gasteiger partial charge in [-0.15, -0.1) is 0 Å². The topological polar surface area (TPSA) is 48.1 Å². The number of thiocarbonyl (C=S) groups is 1. The molecule has 0 amide bonds. The van der Waals surface area contributed by atoms with E-state index in [1.54, 1.807) is 18.3 Å². The van der Waals surface area contributed by atoms with Crippen molar-refractivity contribution < 1.29 is 4.74 Å². The number of hydrogen-bond acceptors (Lipinski definition) is 3. The van der Waals surface area contributed by atoms with Crippen molar-refractivity contribution in [3.8, 4) is 5.88 Å². The number of nitrogens with zero attached hydrogens (tertiary/aromatic N) is 1. The predicted octanol–water partition coefficient (Wildman–Crippen LogP) is 1.50. The smallest absolute Gasteiger partial charge is 0.213 e. The van der Waals surface area contributed by atoms with Crippen molar-refractivity contribution >= 4 is 17.2 Å². The lowest BCUT2D eigenvalue weighted by Gasteiger charge is -2.04. The minimum atomic E-state index is 0.365. The zero-order chi connectivity index (χ0) is 9.68. The van der Waals surface area contributed by atoms with Crippen molar-refractivity contribution in [3.63, 3.8) is 0 Å². The van der Waals surface area contributed by atoms with E-state index < -0.39 is 0 Å². The lowest BCUT2D eigenvalue weighted by Crippen LogP contribution is -2.09. The summed E-state index contributed by atoms with van der Waals surface area (Å²) in [6.07, 6.45) is 2.60. The lowest BCUT2D eigenvalue weighted by molar-refractivity contribution is 0.305. The molecule has 0 radical (unpaired) electrons. The monoisotopic (exact) mass is 196 g/mol. The van der Waals surface area contributed by atoms with Crippen molar-refractivity contribution in [3.05, 3.63) is 23.9 Å². The maximum atomic E-state index is 5.46. The third kappa shape index (κ3) is 2.99. The number of hydrogen-bond donors (Lipinski definition) is 1. The molecule has 0 aromatic carbocycles. The average Bonchev–Trinajstić information content (AvgIpc) is 2.15. The normalized spacial score (nSPS) is 9.62. The molecule has 0 unspecified atom stereocenters. The molecule has 1 aromatic rings. The van der Waals surface area contributed by atoms with Gasteiger partial charge in [-0.25, -0.2) is 4.98 Å². The fraction of sp³-hybridized carbons (Fsp3) is 0.333. The number of ether oxygens (including phenoxy) is 1. The second-order valence-electron chi connectivity index (χ2n) is 2.60. The Labute approximate surface area is 82.9 Å². The van der Waals surface area contributed by atoms with E-state index >= 15 is 0 Å². The first-order valence-electron chi connectivity index (χ1n) is 4.12. The first-order chi connectivity index (χ1) is 6.24. The summed E-state index contributed by atoms with van der Waals surface area (Å²) < 4.78 is 5.32. The van der Waals surface area contributed by atoms with Crippen LogP contribution in [-0.4, -0.2) is 16.6 Å². The Balaban J connectivity index is 2.73. The fourth-order valence-electron chi connectivity index (χ4n) is 0.848. The Morgan fingerprint density at radius 3 is 3.08 bits per heavy atom. The highest BCUT2D eigenvalue weighted by molar-refractivity contribution is 7.80. The third-order valence-corrected chi connectivity index (χ3v) is 1.71. The maximum Gasteiger partial charge on any atom is 0.213 e. The molecule has 0 aliphatic heterocycles. The molecule has 0 fully saturated rings. The Hall–Kier alpha value is -1.16. The molecule has 0 aliphatic carbocycles. The molecular weight excluding hydrogens is 184 g/mol. The van der Waals surface area contributed by atoms with E-state index in [0.717, 1.165) is 12.0 Å². The summed E-state index contributed by atoms with van der Waals surface area (Å²) >= 11 is 4.83. The quantitative estimate of drug-likeness (QED) is 0.741. The second kappa shape index (κ2) is 4.77. The highest BCUT2D eigenvalue weighted by Gasteiger charge is 1.99. The molecule has 0 spiro atoms. The van der Waals surface area contributed by atoms with Crippen LogP contribution in [0.15, 0.2) is 18.3 Å².